The van der Waals surface area contributed by atoms with Crippen molar-refractivity contribution in [3.05, 3.63) is 23.8 Å². The molecule has 0 aromatic carbocycles. The van der Waals surface area contributed by atoms with E-state index in [0.717, 1.165) is 31.3 Å². The standard InChI is InChI=1S/C20H30O3/c1-13(2)16-7-6-15-12-19(22,14(3)4)10-11-20(15)18(16,5)9-8-17(21)23-20/h12,14,16,22H,1,6-11H2,2-5H3/t16-,18-,19-,20+/m0/s1. The molecule has 1 spiro atoms. The summed E-state index contributed by atoms with van der Waals surface area (Å²) in [5.41, 5.74) is 0.920. The van der Waals surface area contributed by atoms with Crippen LogP contribution in [-0.4, -0.2) is 22.3 Å². The van der Waals surface area contributed by atoms with Crippen molar-refractivity contribution in [1.82, 2.24) is 0 Å². The van der Waals surface area contributed by atoms with E-state index in [2.05, 4.69) is 34.3 Å². The molecule has 3 nitrogen and oxygen atoms in total. The van der Waals surface area contributed by atoms with Crippen LogP contribution in [0.15, 0.2) is 23.8 Å². The van der Waals surface area contributed by atoms with Crippen molar-refractivity contribution in [2.24, 2.45) is 17.3 Å². The minimum Gasteiger partial charge on any atom is -0.454 e. The van der Waals surface area contributed by atoms with Crippen LogP contribution in [0.3, 0.4) is 0 Å². The van der Waals surface area contributed by atoms with Crippen molar-refractivity contribution in [2.45, 2.75) is 77.4 Å². The van der Waals surface area contributed by atoms with Crippen molar-refractivity contribution >= 4 is 5.97 Å². The van der Waals surface area contributed by atoms with E-state index in [4.69, 9.17) is 4.74 Å². The molecule has 1 N–H and O–H groups in total. The quantitative estimate of drug-likeness (QED) is 0.614. The zero-order valence-corrected chi connectivity index (χ0v) is 14.9. The Morgan fingerprint density at radius 2 is 2.04 bits per heavy atom. The number of esters is 1. The van der Waals surface area contributed by atoms with Gasteiger partial charge in [0.15, 0.2) is 0 Å². The number of allylic oxidation sites excluding steroid dienone is 1. The predicted molar refractivity (Wildman–Crippen MR) is 90.8 cm³/mol. The lowest BCUT2D eigenvalue weighted by atomic mass is 9.49. The maximum Gasteiger partial charge on any atom is 0.306 e. The Hall–Kier alpha value is -1.09. The Morgan fingerprint density at radius 1 is 1.35 bits per heavy atom. The molecule has 4 atom stereocenters. The molecule has 1 saturated carbocycles. The molecule has 0 amide bonds. The third-order valence-electron chi connectivity index (χ3n) is 6.95. The number of rotatable bonds is 2. The highest BCUT2D eigenvalue weighted by Gasteiger charge is 2.63. The summed E-state index contributed by atoms with van der Waals surface area (Å²) in [6.45, 7) is 12.7. The predicted octanol–water partition coefficient (Wildman–Crippen LogP) is 4.16. The molecule has 2 fully saturated rings. The van der Waals surface area contributed by atoms with E-state index in [-0.39, 0.29) is 17.3 Å². The van der Waals surface area contributed by atoms with Crippen LogP contribution >= 0.6 is 0 Å². The fraction of sp³-hybridized carbons (Fsp3) is 0.750. The molecular formula is C20H30O3. The number of hydrogen-bond acceptors (Lipinski definition) is 3. The molecule has 23 heavy (non-hydrogen) atoms. The summed E-state index contributed by atoms with van der Waals surface area (Å²) in [7, 11) is 0. The van der Waals surface area contributed by atoms with Gasteiger partial charge in [-0.1, -0.05) is 32.9 Å². The summed E-state index contributed by atoms with van der Waals surface area (Å²) < 4.78 is 6.08. The summed E-state index contributed by atoms with van der Waals surface area (Å²) in [4.78, 5) is 12.1. The molecule has 1 aliphatic heterocycles. The van der Waals surface area contributed by atoms with Crippen LogP contribution in [0.25, 0.3) is 0 Å². The van der Waals surface area contributed by atoms with Gasteiger partial charge in [-0.3, -0.25) is 4.79 Å². The molecule has 1 saturated heterocycles. The first-order valence-corrected chi connectivity index (χ1v) is 8.96. The van der Waals surface area contributed by atoms with Gasteiger partial charge in [0.2, 0.25) is 0 Å². The van der Waals surface area contributed by atoms with Gasteiger partial charge >= 0.3 is 5.97 Å². The van der Waals surface area contributed by atoms with Gasteiger partial charge < -0.3 is 9.84 Å². The van der Waals surface area contributed by atoms with Crippen molar-refractivity contribution < 1.29 is 14.6 Å². The second kappa shape index (κ2) is 5.20. The first kappa shape index (κ1) is 16.8. The smallest absolute Gasteiger partial charge is 0.306 e. The highest BCUT2D eigenvalue weighted by Crippen LogP contribution is 2.63. The van der Waals surface area contributed by atoms with Gasteiger partial charge in [-0.2, -0.15) is 0 Å². The van der Waals surface area contributed by atoms with Crippen LogP contribution in [0.4, 0.5) is 0 Å². The average molecular weight is 318 g/mol. The number of ether oxygens (including phenoxy) is 1. The van der Waals surface area contributed by atoms with E-state index in [0.29, 0.717) is 18.8 Å². The van der Waals surface area contributed by atoms with E-state index < -0.39 is 11.2 Å². The van der Waals surface area contributed by atoms with Crippen molar-refractivity contribution in [3.63, 3.8) is 0 Å². The van der Waals surface area contributed by atoms with E-state index in [1.165, 1.54) is 5.57 Å². The Bertz CT molecular complexity index is 575. The fourth-order valence-corrected chi connectivity index (χ4v) is 5.32. The van der Waals surface area contributed by atoms with Gasteiger partial charge in [-0.05, 0) is 62.5 Å². The van der Waals surface area contributed by atoms with Crippen molar-refractivity contribution in [2.75, 3.05) is 0 Å². The van der Waals surface area contributed by atoms with Crippen LogP contribution in [-0.2, 0) is 9.53 Å². The normalized spacial score (nSPS) is 43.3. The van der Waals surface area contributed by atoms with Crippen LogP contribution in [0.2, 0.25) is 0 Å². The second-order valence-corrected chi connectivity index (χ2v) is 8.47. The van der Waals surface area contributed by atoms with Gasteiger partial charge in [0.05, 0.1) is 5.60 Å². The molecule has 3 heteroatoms. The maximum absolute atomic E-state index is 12.1. The number of aliphatic hydroxyl groups is 1. The summed E-state index contributed by atoms with van der Waals surface area (Å²) >= 11 is 0. The summed E-state index contributed by atoms with van der Waals surface area (Å²) in [6, 6.07) is 0. The van der Waals surface area contributed by atoms with Gasteiger partial charge in [0, 0.05) is 11.8 Å². The van der Waals surface area contributed by atoms with Gasteiger partial charge in [-0.15, -0.1) is 0 Å². The number of hydrogen-bond donors (Lipinski definition) is 1. The van der Waals surface area contributed by atoms with E-state index in [1.54, 1.807) is 0 Å². The summed E-state index contributed by atoms with van der Waals surface area (Å²) in [5, 5.41) is 11.0. The van der Waals surface area contributed by atoms with Crippen LogP contribution in [0.5, 0.6) is 0 Å². The van der Waals surface area contributed by atoms with E-state index >= 15 is 0 Å². The van der Waals surface area contributed by atoms with Gasteiger partial charge in [0.1, 0.15) is 5.60 Å². The minimum absolute atomic E-state index is 0.0919. The Morgan fingerprint density at radius 3 is 2.65 bits per heavy atom. The van der Waals surface area contributed by atoms with Crippen LogP contribution < -0.4 is 0 Å². The second-order valence-electron chi connectivity index (χ2n) is 8.47. The molecular weight excluding hydrogens is 288 g/mol. The fourth-order valence-electron chi connectivity index (χ4n) is 5.32. The average Bonchev–Trinajstić information content (AvgIpc) is 2.46. The highest BCUT2D eigenvalue weighted by atomic mass is 16.6. The molecule has 3 aliphatic rings. The first-order chi connectivity index (χ1) is 10.6. The maximum atomic E-state index is 12.1. The van der Waals surface area contributed by atoms with E-state index in [9.17, 15) is 9.90 Å². The lowest BCUT2D eigenvalue weighted by molar-refractivity contribution is -0.201. The van der Waals surface area contributed by atoms with Gasteiger partial charge in [0.25, 0.3) is 0 Å². The zero-order valence-electron chi connectivity index (χ0n) is 14.9. The number of carbonyl (C=O) groups is 1. The highest BCUT2D eigenvalue weighted by molar-refractivity contribution is 5.72. The van der Waals surface area contributed by atoms with Crippen molar-refractivity contribution in [3.8, 4) is 0 Å². The molecule has 0 radical (unpaired) electrons. The Labute approximate surface area is 139 Å². The van der Waals surface area contributed by atoms with Crippen LogP contribution in [0, 0.1) is 17.3 Å². The molecule has 0 aromatic rings. The first-order valence-electron chi connectivity index (χ1n) is 8.96. The Kier molecular flexibility index (Phi) is 3.79. The molecule has 1 heterocycles. The third kappa shape index (κ3) is 2.23. The largest absolute Gasteiger partial charge is 0.454 e. The molecule has 128 valence electrons. The lowest BCUT2D eigenvalue weighted by Gasteiger charge is -2.61. The summed E-state index contributed by atoms with van der Waals surface area (Å²) in [5.74, 6) is 0.445. The topological polar surface area (TPSA) is 46.5 Å². The monoisotopic (exact) mass is 318 g/mol. The summed E-state index contributed by atoms with van der Waals surface area (Å²) in [6.07, 6.45) is 6.66. The SMILES string of the molecule is C=C(C)[C@@H]1CCC2=C[C@](O)(C(C)C)CC[C@@]23OC(=O)CC[C@@]13C. The molecule has 2 aliphatic carbocycles. The molecule has 0 aromatic heterocycles. The van der Waals surface area contributed by atoms with Gasteiger partial charge in [-0.25, -0.2) is 0 Å². The van der Waals surface area contributed by atoms with E-state index in [1.807, 2.05) is 6.08 Å². The van der Waals surface area contributed by atoms with Crippen molar-refractivity contribution in [1.29, 1.82) is 0 Å². The third-order valence-corrected chi connectivity index (χ3v) is 6.95. The molecule has 0 unspecified atom stereocenters. The Balaban J connectivity index is 2.12. The molecule has 0 bridgehead atoms. The lowest BCUT2D eigenvalue weighted by Crippen LogP contribution is -2.62. The molecule has 3 rings (SSSR count). The zero-order chi connectivity index (χ0) is 17.0. The number of carbonyl (C=O) groups excluding carboxylic acids is 1. The minimum atomic E-state index is -0.776. The van der Waals surface area contributed by atoms with Crippen LogP contribution in [0.1, 0.15) is 66.2 Å².